The van der Waals surface area contributed by atoms with Crippen molar-refractivity contribution >= 4 is 11.3 Å². The Balaban J connectivity index is 1.96. The molecule has 4 heteroatoms. The van der Waals surface area contributed by atoms with Crippen molar-refractivity contribution in [2.45, 2.75) is 39.8 Å². The van der Waals surface area contributed by atoms with E-state index in [0.29, 0.717) is 6.61 Å². The lowest BCUT2D eigenvalue weighted by molar-refractivity contribution is 0.305. The summed E-state index contributed by atoms with van der Waals surface area (Å²) in [6.07, 6.45) is 0.942. The van der Waals surface area contributed by atoms with Gasteiger partial charge in [-0.2, -0.15) is 0 Å². The van der Waals surface area contributed by atoms with Crippen molar-refractivity contribution in [2.24, 2.45) is 5.73 Å². The highest BCUT2D eigenvalue weighted by Gasteiger charge is 2.06. The fourth-order valence-corrected chi connectivity index (χ4v) is 2.64. The molecule has 2 aromatic rings. The molecule has 0 fully saturated rings. The van der Waals surface area contributed by atoms with Gasteiger partial charge in [-0.05, 0) is 38.0 Å². The molecule has 19 heavy (non-hydrogen) atoms. The number of aryl methyl sites for hydroxylation is 2. The first-order chi connectivity index (χ1) is 9.10. The van der Waals surface area contributed by atoms with Gasteiger partial charge in [0.25, 0.3) is 0 Å². The van der Waals surface area contributed by atoms with Crippen LogP contribution in [-0.4, -0.2) is 4.98 Å². The lowest BCUT2D eigenvalue weighted by atomic mass is 10.1. The van der Waals surface area contributed by atoms with Crippen LogP contribution >= 0.6 is 11.3 Å². The number of nitrogens with zero attached hydrogens (tertiary/aromatic N) is 1. The Hall–Kier alpha value is -1.39. The number of aromatic nitrogens is 1. The maximum absolute atomic E-state index is 5.98. The molecule has 0 radical (unpaired) electrons. The maximum Gasteiger partial charge on any atom is 0.140 e. The van der Waals surface area contributed by atoms with E-state index in [1.165, 1.54) is 4.88 Å². The van der Waals surface area contributed by atoms with Gasteiger partial charge < -0.3 is 10.5 Å². The molecule has 0 amide bonds. The van der Waals surface area contributed by atoms with Crippen LogP contribution in [0.3, 0.4) is 0 Å². The largest absolute Gasteiger partial charge is 0.486 e. The molecule has 0 spiro atoms. The topological polar surface area (TPSA) is 48.1 Å². The molecule has 0 saturated carbocycles. The van der Waals surface area contributed by atoms with Crippen molar-refractivity contribution in [2.75, 3.05) is 0 Å². The Morgan fingerprint density at radius 2 is 1.95 bits per heavy atom. The zero-order chi connectivity index (χ0) is 13.8. The van der Waals surface area contributed by atoms with Gasteiger partial charge in [-0.15, -0.1) is 11.3 Å². The van der Waals surface area contributed by atoms with Gasteiger partial charge >= 0.3 is 0 Å². The number of hydrogen-bond donors (Lipinski definition) is 1. The first-order valence-electron chi connectivity index (χ1n) is 6.51. The van der Waals surface area contributed by atoms with Crippen LogP contribution in [0.2, 0.25) is 0 Å². The summed E-state index contributed by atoms with van der Waals surface area (Å²) in [5.41, 5.74) is 8.22. The van der Waals surface area contributed by atoms with Gasteiger partial charge in [0.2, 0.25) is 0 Å². The summed E-state index contributed by atoms with van der Waals surface area (Å²) >= 11 is 1.69. The molecule has 0 unspecified atom stereocenters. The van der Waals surface area contributed by atoms with Crippen molar-refractivity contribution in [3.05, 3.63) is 45.4 Å². The normalized spacial score (nSPS) is 12.4. The van der Waals surface area contributed by atoms with Gasteiger partial charge in [-0.3, -0.25) is 0 Å². The molecule has 1 heterocycles. The summed E-state index contributed by atoms with van der Waals surface area (Å²) in [5, 5.41) is 1.02. The van der Waals surface area contributed by atoms with Gasteiger partial charge in [0.05, 0.1) is 5.69 Å². The molecular weight excluding hydrogens is 256 g/mol. The van der Waals surface area contributed by atoms with Gasteiger partial charge in [0.15, 0.2) is 0 Å². The highest BCUT2D eigenvalue weighted by atomic mass is 32.1. The van der Waals surface area contributed by atoms with Crippen molar-refractivity contribution in [3.63, 3.8) is 0 Å². The Labute approximate surface area is 118 Å². The average Bonchev–Trinajstić information content (AvgIpc) is 2.75. The second kappa shape index (κ2) is 6.17. The molecule has 2 rings (SSSR count). The summed E-state index contributed by atoms with van der Waals surface area (Å²) < 4.78 is 5.74. The Kier molecular flexibility index (Phi) is 4.56. The number of ether oxygens (including phenoxy) is 1. The van der Waals surface area contributed by atoms with E-state index < -0.39 is 0 Å². The van der Waals surface area contributed by atoms with Crippen LogP contribution in [0.15, 0.2) is 24.3 Å². The minimum Gasteiger partial charge on any atom is -0.486 e. The van der Waals surface area contributed by atoms with Gasteiger partial charge in [-0.1, -0.05) is 19.1 Å². The zero-order valence-corrected chi connectivity index (χ0v) is 12.5. The highest BCUT2D eigenvalue weighted by Crippen LogP contribution is 2.21. The van der Waals surface area contributed by atoms with Crippen molar-refractivity contribution in [1.82, 2.24) is 4.98 Å². The Morgan fingerprint density at radius 1 is 1.26 bits per heavy atom. The lowest BCUT2D eigenvalue weighted by Crippen LogP contribution is -2.08. The second-order valence-corrected chi connectivity index (χ2v) is 5.91. The summed E-state index contributed by atoms with van der Waals surface area (Å²) in [4.78, 5) is 5.71. The molecule has 102 valence electrons. The van der Waals surface area contributed by atoms with E-state index >= 15 is 0 Å². The molecule has 1 atom stereocenters. The quantitative estimate of drug-likeness (QED) is 0.904. The van der Waals surface area contributed by atoms with Crippen molar-refractivity contribution in [1.29, 1.82) is 0 Å². The first kappa shape index (κ1) is 14.0. The predicted molar refractivity (Wildman–Crippen MR) is 79.6 cm³/mol. The summed E-state index contributed by atoms with van der Waals surface area (Å²) in [6, 6.07) is 8.11. The minimum absolute atomic E-state index is 0.110. The maximum atomic E-state index is 5.98. The van der Waals surface area contributed by atoms with Crippen LogP contribution in [0.5, 0.6) is 5.75 Å². The summed E-state index contributed by atoms with van der Waals surface area (Å²) in [5.74, 6) is 0.859. The van der Waals surface area contributed by atoms with Gasteiger partial charge in [-0.25, -0.2) is 4.98 Å². The molecule has 0 bridgehead atoms. The smallest absolute Gasteiger partial charge is 0.140 e. The lowest BCUT2D eigenvalue weighted by Gasteiger charge is -2.10. The third-order valence-electron chi connectivity index (χ3n) is 3.18. The minimum atomic E-state index is 0.110. The van der Waals surface area contributed by atoms with Crippen LogP contribution in [0.1, 0.15) is 40.5 Å². The van der Waals surface area contributed by atoms with E-state index in [9.17, 15) is 0 Å². The van der Waals surface area contributed by atoms with Gasteiger partial charge in [0.1, 0.15) is 17.4 Å². The summed E-state index contributed by atoms with van der Waals surface area (Å²) in [6.45, 7) is 6.72. The standard InChI is InChI=1S/C15H20N2OS/c1-4-14(16)12-5-7-13(8-6-12)18-9-15-17-10(2)11(3)19-15/h5-8,14H,4,9,16H2,1-3H3/t14-/m0/s1. The number of rotatable bonds is 5. The third kappa shape index (κ3) is 3.55. The van der Waals surface area contributed by atoms with E-state index in [1.807, 2.05) is 31.2 Å². The average molecular weight is 276 g/mol. The first-order valence-corrected chi connectivity index (χ1v) is 7.33. The predicted octanol–water partition coefficient (Wildman–Crippen LogP) is 3.75. The van der Waals surface area contributed by atoms with E-state index in [0.717, 1.165) is 28.4 Å². The molecule has 2 N–H and O–H groups in total. The second-order valence-electron chi connectivity index (χ2n) is 4.62. The number of thiazole rings is 1. The van der Waals surface area contributed by atoms with Crippen molar-refractivity contribution in [3.8, 4) is 5.75 Å². The fraction of sp³-hybridized carbons (Fsp3) is 0.400. The van der Waals surface area contributed by atoms with Crippen LogP contribution in [0, 0.1) is 13.8 Å². The molecule has 3 nitrogen and oxygen atoms in total. The molecule has 0 aliphatic carbocycles. The monoisotopic (exact) mass is 276 g/mol. The van der Waals surface area contributed by atoms with E-state index in [1.54, 1.807) is 11.3 Å². The molecule has 0 saturated heterocycles. The van der Waals surface area contributed by atoms with Gasteiger partial charge in [0, 0.05) is 10.9 Å². The Bertz CT molecular complexity index is 514. The number of nitrogens with two attached hydrogens (primary N) is 1. The third-order valence-corrected chi connectivity index (χ3v) is 4.23. The summed E-state index contributed by atoms with van der Waals surface area (Å²) in [7, 11) is 0. The van der Waals surface area contributed by atoms with Crippen LogP contribution in [0.4, 0.5) is 0 Å². The molecule has 0 aliphatic heterocycles. The highest BCUT2D eigenvalue weighted by molar-refractivity contribution is 7.11. The van der Waals surface area contributed by atoms with E-state index in [-0.39, 0.29) is 6.04 Å². The molecule has 1 aromatic carbocycles. The van der Waals surface area contributed by atoms with Crippen LogP contribution in [0.25, 0.3) is 0 Å². The molecular formula is C15H20N2OS. The SMILES string of the molecule is CC[C@H](N)c1ccc(OCc2nc(C)c(C)s2)cc1. The van der Waals surface area contributed by atoms with E-state index in [2.05, 4.69) is 18.8 Å². The van der Waals surface area contributed by atoms with Crippen molar-refractivity contribution < 1.29 is 4.74 Å². The zero-order valence-electron chi connectivity index (χ0n) is 11.6. The van der Waals surface area contributed by atoms with Crippen LogP contribution < -0.4 is 10.5 Å². The number of hydrogen-bond acceptors (Lipinski definition) is 4. The van der Waals surface area contributed by atoms with E-state index in [4.69, 9.17) is 10.5 Å². The van der Waals surface area contributed by atoms with Crippen LogP contribution in [-0.2, 0) is 6.61 Å². The molecule has 0 aliphatic rings. The fourth-order valence-electron chi connectivity index (χ4n) is 1.79. The molecule has 1 aromatic heterocycles. The Morgan fingerprint density at radius 3 is 2.47 bits per heavy atom. The number of benzene rings is 1.